The first-order chi connectivity index (χ1) is 11.3. The highest BCUT2D eigenvalue weighted by molar-refractivity contribution is 6.07. The molecule has 1 aliphatic heterocycles. The quantitative estimate of drug-likeness (QED) is 0.729. The van der Waals surface area contributed by atoms with Gasteiger partial charge in [0, 0.05) is 17.5 Å². The van der Waals surface area contributed by atoms with Crippen molar-refractivity contribution in [1.29, 1.82) is 0 Å². The molecule has 0 fully saturated rings. The number of benzene rings is 2. The standard InChI is InChI=1S/C20H18N2O/c1-2-12-22-19-16(13-15-10-6-7-11-17(15)21-19)18(20(22)23)14-8-4-3-5-9-14/h3-11,13,18H,2,12H2,1H3. The van der Waals surface area contributed by atoms with Crippen LogP contribution >= 0.6 is 0 Å². The Kier molecular flexibility index (Phi) is 3.34. The molecule has 1 atom stereocenters. The van der Waals surface area contributed by atoms with Crippen molar-refractivity contribution < 1.29 is 4.79 Å². The first-order valence-corrected chi connectivity index (χ1v) is 8.05. The second kappa shape index (κ2) is 5.51. The zero-order chi connectivity index (χ0) is 15.8. The van der Waals surface area contributed by atoms with Crippen molar-refractivity contribution in [3.63, 3.8) is 0 Å². The van der Waals surface area contributed by atoms with E-state index in [1.807, 2.05) is 53.4 Å². The molecule has 0 bridgehead atoms. The van der Waals surface area contributed by atoms with Crippen molar-refractivity contribution in [2.24, 2.45) is 0 Å². The van der Waals surface area contributed by atoms with Crippen LogP contribution in [0.4, 0.5) is 5.82 Å². The number of rotatable bonds is 3. The number of carbonyl (C=O) groups excluding carboxylic acids is 1. The van der Waals surface area contributed by atoms with E-state index in [4.69, 9.17) is 4.98 Å². The number of hydrogen-bond acceptors (Lipinski definition) is 2. The Morgan fingerprint density at radius 3 is 2.57 bits per heavy atom. The molecule has 1 aromatic heterocycles. The first kappa shape index (κ1) is 13.9. The molecule has 4 rings (SSSR count). The van der Waals surface area contributed by atoms with Gasteiger partial charge in [-0.05, 0) is 24.1 Å². The van der Waals surface area contributed by atoms with Gasteiger partial charge in [-0.2, -0.15) is 0 Å². The van der Waals surface area contributed by atoms with E-state index in [-0.39, 0.29) is 11.8 Å². The summed E-state index contributed by atoms with van der Waals surface area (Å²) < 4.78 is 0. The van der Waals surface area contributed by atoms with Crippen LogP contribution in [0.5, 0.6) is 0 Å². The second-order valence-electron chi connectivity index (χ2n) is 5.93. The molecule has 2 aromatic carbocycles. The van der Waals surface area contributed by atoms with E-state index >= 15 is 0 Å². The molecule has 0 saturated carbocycles. The van der Waals surface area contributed by atoms with Gasteiger partial charge in [0.05, 0.1) is 11.4 Å². The van der Waals surface area contributed by atoms with Crippen LogP contribution < -0.4 is 4.90 Å². The van der Waals surface area contributed by atoms with Gasteiger partial charge in [0.1, 0.15) is 5.82 Å². The zero-order valence-electron chi connectivity index (χ0n) is 13.1. The van der Waals surface area contributed by atoms with Crippen LogP contribution in [0.2, 0.25) is 0 Å². The predicted octanol–water partition coefficient (Wildman–Crippen LogP) is 4.12. The van der Waals surface area contributed by atoms with Gasteiger partial charge in [-0.1, -0.05) is 55.5 Å². The highest BCUT2D eigenvalue weighted by atomic mass is 16.2. The molecule has 23 heavy (non-hydrogen) atoms. The van der Waals surface area contributed by atoms with E-state index in [1.165, 1.54) is 0 Å². The number of pyridine rings is 1. The normalized spacial score (nSPS) is 16.8. The van der Waals surface area contributed by atoms with Crippen molar-refractivity contribution in [2.75, 3.05) is 11.4 Å². The number of hydrogen-bond donors (Lipinski definition) is 0. The Morgan fingerprint density at radius 1 is 1.04 bits per heavy atom. The van der Waals surface area contributed by atoms with Crippen LogP contribution in [0, 0.1) is 0 Å². The number of fused-ring (bicyclic) bond motifs is 2. The average Bonchev–Trinajstić information content (AvgIpc) is 2.85. The highest BCUT2D eigenvalue weighted by Gasteiger charge is 2.39. The van der Waals surface area contributed by atoms with Crippen molar-refractivity contribution >= 4 is 22.6 Å². The third-order valence-corrected chi connectivity index (χ3v) is 4.39. The molecule has 1 amide bonds. The van der Waals surface area contributed by atoms with Gasteiger partial charge in [-0.3, -0.25) is 9.69 Å². The molecule has 1 aliphatic rings. The summed E-state index contributed by atoms with van der Waals surface area (Å²) >= 11 is 0. The minimum atomic E-state index is -0.241. The van der Waals surface area contributed by atoms with Crippen LogP contribution in [-0.2, 0) is 4.79 Å². The SMILES string of the molecule is CCCN1C(=O)C(c2ccccc2)c2cc3ccccc3nc21. The molecule has 3 nitrogen and oxygen atoms in total. The van der Waals surface area contributed by atoms with E-state index in [0.717, 1.165) is 34.3 Å². The molecule has 114 valence electrons. The van der Waals surface area contributed by atoms with Crippen LogP contribution in [-0.4, -0.2) is 17.4 Å². The Morgan fingerprint density at radius 2 is 1.78 bits per heavy atom. The lowest BCUT2D eigenvalue weighted by atomic mass is 9.93. The number of para-hydroxylation sites is 1. The third-order valence-electron chi connectivity index (χ3n) is 4.39. The lowest BCUT2D eigenvalue weighted by Crippen LogP contribution is -2.30. The van der Waals surface area contributed by atoms with Crippen LogP contribution in [0.15, 0.2) is 60.7 Å². The Labute approximate surface area is 135 Å². The number of anilines is 1. The molecule has 0 spiro atoms. The second-order valence-corrected chi connectivity index (χ2v) is 5.93. The maximum atomic E-state index is 13.0. The van der Waals surface area contributed by atoms with Crippen molar-refractivity contribution in [3.05, 3.63) is 71.8 Å². The molecule has 0 aliphatic carbocycles. The van der Waals surface area contributed by atoms with Gasteiger partial charge in [0.15, 0.2) is 0 Å². The monoisotopic (exact) mass is 302 g/mol. The van der Waals surface area contributed by atoms with Gasteiger partial charge in [-0.25, -0.2) is 4.98 Å². The fourth-order valence-electron chi connectivity index (χ4n) is 3.35. The van der Waals surface area contributed by atoms with E-state index in [9.17, 15) is 4.79 Å². The Bertz CT molecular complexity index is 873. The molecule has 3 aromatic rings. The van der Waals surface area contributed by atoms with E-state index < -0.39 is 0 Å². The summed E-state index contributed by atoms with van der Waals surface area (Å²) in [7, 11) is 0. The average molecular weight is 302 g/mol. The summed E-state index contributed by atoms with van der Waals surface area (Å²) in [6, 6.07) is 20.2. The van der Waals surface area contributed by atoms with Gasteiger partial charge in [-0.15, -0.1) is 0 Å². The summed E-state index contributed by atoms with van der Waals surface area (Å²) in [6.07, 6.45) is 0.918. The van der Waals surface area contributed by atoms with Gasteiger partial charge in [0.25, 0.3) is 0 Å². The van der Waals surface area contributed by atoms with E-state index in [2.05, 4.69) is 19.1 Å². The number of nitrogens with zero attached hydrogens (tertiary/aromatic N) is 2. The molecule has 0 radical (unpaired) electrons. The maximum Gasteiger partial charge on any atom is 0.240 e. The topological polar surface area (TPSA) is 33.2 Å². The molecule has 2 heterocycles. The molecular weight excluding hydrogens is 284 g/mol. The summed E-state index contributed by atoms with van der Waals surface area (Å²) in [6.45, 7) is 2.80. The molecule has 0 N–H and O–H groups in total. The van der Waals surface area contributed by atoms with Gasteiger partial charge in [0.2, 0.25) is 5.91 Å². The van der Waals surface area contributed by atoms with Crippen molar-refractivity contribution in [1.82, 2.24) is 4.98 Å². The van der Waals surface area contributed by atoms with Crippen LogP contribution in [0.1, 0.15) is 30.4 Å². The lowest BCUT2D eigenvalue weighted by molar-refractivity contribution is -0.118. The summed E-state index contributed by atoms with van der Waals surface area (Å²) in [5, 5.41) is 1.08. The van der Waals surface area contributed by atoms with E-state index in [1.54, 1.807) is 0 Å². The first-order valence-electron chi connectivity index (χ1n) is 8.05. The summed E-state index contributed by atoms with van der Waals surface area (Å²) in [4.78, 5) is 19.7. The predicted molar refractivity (Wildman–Crippen MR) is 92.7 cm³/mol. The van der Waals surface area contributed by atoms with Crippen LogP contribution in [0.3, 0.4) is 0 Å². The minimum Gasteiger partial charge on any atom is -0.296 e. The number of aromatic nitrogens is 1. The van der Waals surface area contributed by atoms with Gasteiger partial charge < -0.3 is 0 Å². The number of carbonyl (C=O) groups is 1. The fraction of sp³-hybridized carbons (Fsp3) is 0.200. The highest BCUT2D eigenvalue weighted by Crippen LogP contribution is 2.41. The lowest BCUT2D eigenvalue weighted by Gasteiger charge is -2.16. The van der Waals surface area contributed by atoms with Crippen LogP contribution in [0.25, 0.3) is 10.9 Å². The minimum absolute atomic E-state index is 0.135. The summed E-state index contributed by atoms with van der Waals surface area (Å²) in [5.41, 5.74) is 3.00. The van der Waals surface area contributed by atoms with Crippen molar-refractivity contribution in [2.45, 2.75) is 19.3 Å². The smallest absolute Gasteiger partial charge is 0.240 e. The number of amides is 1. The van der Waals surface area contributed by atoms with Crippen molar-refractivity contribution in [3.8, 4) is 0 Å². The molecule has 1 unspecified atom stereocenters. The maximum absolute atomic E-state index is 13.0. The fourth-order valence-corrected chi connectivity index (χ4v) is 3.35. The molecular formula is C20H18N2O. The Hall–Kier alpha value is -2.68. The largest absolute Gasteiger partial charge is 0.296 e. The third kappa shape index (κ3) is 2.20. The zero-order valence-corrected chi connectivity index (χ0v) is 13.1. The van der Waals surface area contributed by atoms with E-state index in [0.29, 0.717) is 6.54 Å². The summed E-state index contributed by atoms with van der Waals surface area (Å²) in [5.74, 6) is 0.718. The van der Waals surface area contributed by atoms with Gasteiger partial charge >= 0.3 is 0 Å². The molecule has 0 saturated heterocycles. The molecule has 3 heteroatoms. The Balaban J connectivity index is 1.94.